The normalized spacial score (nSPS) is 11.4. The van der Waals surface area contributed by atoms with Gasteiger partial charge in [0.15, 0.2) is 5.56 Å². The Balaban J connectivity index is 2.49. The fraction of sp³-hybridized carbons (Fsp3) is 0.273. The molecule has 1 N–H and O–H groups in total. The van der Waals surface area contributed by atoms with Crippen LogP contribution in [0.2, 0.25) is 0 Å². The van der Waals surface area contributed by atoms with Gasteiger partial charge in [-0.05, 0) is 12.1 Å². The first-order valence-corrected chi connectivity index (χ1v) is 5.28. The van der Waals surface area contributed by atoms with Crippen molar-refractivity contribution < 1.29 is 17.9 Å². The number of methoxy groups -OCH3 is 1. The summed E-state index contributed by atoms with van der Waals surface area (Å²) in [4.78, 5) is 5.17. The minimum absolute atomic E-state index is 0.197. The van der Waals surface area contributed by atoms with Gasteiger partial charge in [-0.25, -0.2) is 0 Å². The summed E-state index contributed by atoms with van der Waals surface area (Å²) in [5, 5.41) is 5.85. The molecule has 2 aromatic heterocycles. The van der Waals surface area contributed by atoms with Gasteiger partial charge in [0.25, 0.3) is 0 Å². The van der Waals surface area contributed by atoms with Crippen LogP contribution in [0, 0.1) is 0 Å². The van der Waals surface area contributed by atoms with Crippen LogP contribution in [0.3, 0.4) is 0 Å². The number of ether oxygens (including phenoxy) is 1. The van der Waals surface area contributed by atoms with E-state index in [1.807, 2.05) is 0 Å². The molecule has 0 spiro atoms. The van der Waals surface area contributed by atoms with E-state index in [1.165, 1.54) is 24.3 Å². The van der Waals surface area contributed by atoms with Gasteiger partial charge >= 0.3 is 6.18 Å². The summed E-state index contributed by atoms with van der Waals surface area (Å²) in [5.74, 6) is -0.685. The quantitative estimate of drug-likeness (QED) is 0.933. The molecule has 5 nitrogen and oxygen atoms in total. The van der Waals surface area contributed by atoms with Crippen LogP contribution in [0.25, 0.3) is 0 Å². The monoisotopic (exact) mass is 272 g/mol. The Bertz CT molecular complexity index is 553. The molecule has 0 aromatic carbocycles. The van der Waals surface area contributed by atoms with Crippen LogP contribution in [0.15, 0.2) is 24.5 Å². The van der Waals surface area contributed by atoms with Crippen LogP contribution in [0.1, 0.15) is 5.56 Å². The number of alkyl halides is 3. The number of pyridine rings is 1. The number of aromatic nitrogens is 3. The van der Waals surface area contributed by atoms with E-state index in [1.54, 1.807) is 12.1 Å². The summed E-state index contributed by atoms with van der Waals surface area (Å²) in [7, 11) is 2.62. The molecule has 0 atom stereocenters. The second-order valence-corrected chi connectivity index (χ2v) is 3.72. The predicted molar refractivity (Wildman–Crippen MR) is 62.4 cm³/mol. The van der Waals surface area contributed by atoms with E-state index in [9.17, 15) is 13.2 Å². The van der Waals surface area contributed by atoms with Crippen LogP contribution >= 0.6 is 0 Å². The van der Waals surface area contributed by atoms with E-state index < -0.39 is 17.6 Å². The Hall–Kier alpha value is -2.25. The van der Waals surface area contributed by atoms with Crippen molar-refractivity contribution in [1.29, 1.82) is 0 Å². The van der Waals surface area contributed by atoms with Crippen molar-refractivity contribution in [2.24, 2.45) is 0 Å². The van der Waals surface area contributed by atoms with E-state index in [0.29, 0.717) is 5.69 Å². The van der Waals surface area contributed by atoms with Crippen LogP contribution < -0.4 is 9.64 Å². The lowest BCUT2D eigenvalue weighted by Crippen LogP contribution is -2.16. The lowest BCUT2D eigenvalue weighted by molar-refractivity contribution is -0.138. The lowest BCUT2D eigenvalue weighted by Gasteiger charge is -2.19. The van der Waals surface area contributed by atoms with E-state index in [4.69, 9.17) is 0 Å². The number of H-pyrrole nitrogens is 1. The maximum atomic E-state index is 13.0. The highest BCUT2D eigenvalue weighted by Gasteiger charge is 2.41. The molecule has 2 aromatic rings. The average Bonchev–Trinajstić information content (AvgIpc) is 2.82. The highest BCUT2D eigenvalue weighted by Crippen LogP contribution is 2.42. The van der Waals surface area contributed by atoms with Crippen LogP contribution in [0.5, 0.6) is 5.88 Å². The number of anilines is 2. The largest absolute Gasteiger partial charge is 0.479 e. The standard InChI is InChI=1S/C11H11F3N4O/c1-18(7-4-3-5-15-6-7)9-8(11(12,13)14)10(19-2)17-16-9/h3-6H,1-2H3,(H,16,17). The van der Waals surface area contributed by atoms with Crippen molar-refractivity contribution >= 4 is 11.5 Å². The molecule has 0 aliphatic rings. The number of aromatic amines is 1. The molecule has 0 unspecified atom stereocenters. The van der Waals surface area contributed by atoms with Gasteiger partial charge in [-0.15, -0.1) is 5.10 Å². The molecule has 0 aliphatic carbocycles. The molecule has 0 aliphatic heterocycles. The van der Waals surface area contributed by atoms with E-state index in [-0.39, 0.29) is 5.82 Å². The first kappa shape index (κ1) is 13.2. The van der Waals surface area contributed by atoms with Gasteiger partial charge in [0.1, 0.15) is 5.82 Å². The summed E-state index contributed by atoms with van der Waals surface area (Å²) in [6, 6.07) is 3.27. The number of hydrogen-bond acceptors (Lipinski definition) is 4. The Labute approximate surface area is 107 Å². The SMILES string of the molecule is COc1n[nH]c(N(C)c2cccnc2)c1C(F)(F)F. The van der Waals surface area contributed by atoms with Gasteiger partial charge in [0, 0.05) is 13.2 Å². The molecule has 2 rings (SSSR count). The van der Waals surface area contributed by atoms with Gasteiger partial charge in [-0.3, -0.25) is 10.1 Å². The molecule has 0 radical (unpaired) electrons. The number of nitrogens with zero attached hydrogens (tertiary/aromatic N) is 3. The molecule has 0 fully saturated rings. The van der Waals surface area contributed by atoms with Crippen molar-refractivity contribution in [3.63, 3.8) is 0 Å². The third-order valence-corrected chi connectivity index (χ3v) is 2.56. The van der Waals surface area contributed by atoms with E-state index in [2.05, 4.69) is 19.9 Å². The summed E-state index contributed by atoms with van der Waals surface area (Å²) >= 11 is 0. The summed E-state index contributed by atoms with van der Waals surface area (Å²) < 4.78 is 43.7. The zero-order valence-electron chi connectivity index (χ0n) is 10.2. The van der Waals surface area contributed by atoms with E-state index >= 15 is 0 Å². The van der Waals surface area contributed by atoms with Gasteiger partial charge in [-0.2, -0.15) is 13.2 Å². The van der Waals surface area contributed by atoms with Crippen molar-refractivity contribution in [2.75, 3.05) is 19.1 Å². The van der Waals surface area contributed by atoms with Crippen molar-refractivity contribution in [3.05, 3.63) is 30.1 Å². The molecule has 0 bridgehead atoms. The van der Waals surface area contributed by atoms with Crippen LogP contribution in [-0.4, -0.2) is 29.3 Å². The predicted octanol–water partition coefficient (Wildman–Crippen LogP) is 2.60. The molecule has 102 valence electrons. The maximum absolute atomic E-state index is 13.0. The number of halogens is 3. The molecule has 8 heteroatoms. The first-order chi connectivity index (χ1) is 8.95. The van der Waals surface area contributed by atoms with Gasteiger partial charge in [0.2, 0.25) is 5.88 Å². The second-order valence-electron chi connectivity index (χ2n) is 3.72. The van der Waals surface area contributed by atoms with Gasteiger partial charge in [0.05, 0.1) is 19.0 Å². The minimum atomic E-state index is -4.57. The first-order valence-electron chi connectivity index (χ1n) is 5.28. The Morgan fingerprint density at radius 3 is 2.63 bits per heavy atom. The minimum Gasteiger partial charge on any atom is -0.479 e. The zero-order chi connectivity index (χ0) is 14.0. The van der Waals surface area contributed by atoms with E-state index in [0.717, 1.165) is 7.11 Å². The average molecular weight is 272 g/mol. The Morgan fingerprint density at radius 2 is 2.11 bits per heavy atom. The lowest BCUT2D eigenvalue weighted by atomic mass is 10.2. The summed E-state index contributed by atoms with van der Waals surface area (Å²) in [5.41, 5.74) is -0.444. The fourth-order valence-corrected chi connectivity index (χ4v) is 1.64. The van der Waals surface area contributed by atoms with Crippen LogP contribution in [-0.2, 0) is 6.18 Å². The second kappa shape index (κ2) is 4.79. The highest BCUT2D eigenvalue weighted by molar-refractivity contribution is 5.64. The maximum Gasteiger partial charge on any atom is 0.425 e. The number of nitrogens with one attached hydrogen (secondary N) is 1. The number of rotatable bonds is 3. The van der Waals surface area contributed by atoms with Gasteiger partial charge < -0.3 is 9.64 Å². The third-order valence-electron chi connectivity index (χ3n) is 2.56. The highest BCUT2D eigenvalue weighted by atomic mass is 19.4. The molecule has 0 saturated carbocycles. The van der Waals surface area contributed by atoms with Crippen LogP contribution in [0.4, 0.5) is 24.7 Å². The Kier molecular flexibility index (Phi) is 3.32. The van der Waals surface area contributed by atoms with Gasteiger partial charge in [-0.1, -0.05) is 0 Å². The van der Waals surface area contributed by atoms with Crippen molar-refractivity contribution in [3.8, 4) is 5.88 Å². The molecular formula is C11H11F3N4O. The summed E-state index contributed by atoms with van der Waals surface area (Å²) in [6.45, 7) is 0. The topological polar surface area (TPSA) is 54.0 Å². The molecular weight excluding hydrogens is 261 g/mol. The molecule has 19 heavy (non-hydrogen) atoms. The third kappa shape index (κ3) is 2.47. The van der Waals surface area contributed by atoms with Crippen molar-refractivity contribution in [1.82, 2.24) is 15.2 Å². The number of hydrogen-bond donors (Lipinski definition) is 1. The molecule has 0 saturated heterocycles. The smallest absolute Gasteiger partial charge is 0.425 e. The van der Waals surface area contributed by atoms with Crippen molar-refractivity contribution in [2.45, 2.75) is 6.18 Å². The fourth-order valence-electron chi connectivity index (χ4n) is 1.64. The zero-order valence-corrected chi connectivity index (χ0v) is 10.2. The molecule has 0 amide bonds. The molecule has 2 heterocycles. The Morgan fingerprint density at radius 1 is 1.37 bits per heavy atom. The summed E-state index contributed by atoms with van der Waals surface area (Å²) in [6.07, 6.45) is -1.58.